The van der Waals surface area contributed by atoms with E-state index >= 15 is 0 Å². The van der Waals surface area contributed by atoms with Crippen molar-refractivity contribution in [3.05, 3.63) is 29.1 Å². The van der Waals surface area contributed by atoms with Crippen molar-refractivity contribution in [1.82, 2.24) is 0 Å². The molecular formula is C10H14FNO. The van der Waals surface area contributed by atoms with Crippen molar-refractivity contribution in [3.8, 4) is 5.75 Å². The quantitative estimate of drug-likeness (QED) is 0.733. The fourth-order valence-electron chi connectivity index (χ4n) is 1.24. The normalized spacial score (nSPS) is 12.9. The molecule has 0 saturated carbocycles. The van der Waals surface area contributed by atoms with Crippen LogP contribution >= 0.6 is 0 Å². The highest BCUT2D eigenvalue weighted by Crippen LogP contribution is 2.23. The molecule has 0 aliphatic heterocycles. The molecule has 0 bridgehead atoms. The number of hydrogen-bond donors (Lipinski definition) is 2. The summed E-state index contributed by atoms with van der Waals surface area (Å²) in [7, 11) is 0. The second-order valence-corrected chi connectivity index (χ2v) is 3.38. The Kier molecular flexibility index (Phi) is 2.88. The van der Waals surface area contributed by atoms with Crippen LogP contribution in [0.5, 0.6) is 5.75 Å². The zero-order valence-corrected chi connectivity index (χ0v) is 7.84. The molecule has 1 atom stereocenters. The number of nitrogens with two attached hydrogens (primary N) is 1. The molecule has 72 valence electrons. The summed E-state index contributed by atoms with van der Waals surface area (Å²) in [6.45, 7) is 3.45. The Morgan fingerprint density at radius 2 is 2.15 bits per heavy atom. The van der Waals surface area contributed by atoms with E-state index < -0.39 is 0 Å². The van der Waals surface area contributed by atoms with Gasteiger partial charge in [-0.3, -0.25) is 0 Å². The van der Waals surface area contributed by atoms with Crippen molar-refractivity contribution in [1.29, 1.82) is 0 Å². The molecule has 0 radical (unpaired) electrons. The van der Waals surface area contributed by atoms with E-state index in [4.69, 9.17) is 5.73 Å². The third kappa shape index (κ3) is 2.18. The Morgan fingerprint density at radius 1 is 1.54 bits per heavy atom. The minimum absolute atomic E-state index is 0.0135. The number of aryl methyl sites for hydroxylation is 1. The Morgan fingerprint density at radius 3 is 2.69 bits per heavy atom. The topological polar surface area (TPSA) is 46.2 Å². The molecule has 1 unspecified atom stereocenters. The summed E-state index contributed by atoms with van der Waals surface area (Å²) in [4.78, 5) is 0. The number of hydrogen-bond acceptors (Lipinski definition) is 2. The van der Waals surface area contributed by atoms with Gasteiger partial charge in [0.1, 0.15) is 11.6 Å². The van der Waals surface area contributed by atoms with Gasteiger partial charge in [0.15, 0.2) is 0 Å². The summed E-state index contributed by atoms with van der Waals surface area (Å²) < 4.78 is 13.4. The van der Waals surface area contributed by atoms with Crippen molar-refractivity contribution in [2.75, 3.05) is 0 Å². The van der Waals surface area contributed by atoms with Crippen LogP contribution in [0.2, 0.25) is 0 Å². The summed E-state index contributed by atoms with van der Waals surface area (Å²) in [5, 5.41) is 9.37. The Bertz CT molecular complexity index is 310. The number of benzene rings is 1. The Labute approximate surface area is 77.2 Å². The van der Waals surface area contributed by atoms with Gasteiger partial charge in [-0.25, -0.2) is 4.39 Å². The van der Waals surface area contributed by atoms with Crippen LogP contribution in [0.25, 0.3) is 0 Å². The van der Waals surface area contributed by atoms with Crippen LogP contribution in [0.4, 0.5) is 4.39 Å². The minimum Gasteiger partial charge on any atom is -0.508 e. The zero-order valence-electron chi connectivity index (χ0n) is 7.84. The standard InChI is InChI=1S/C10H14FNO/c1-6-3-4-9(13)8(10(6)11)5-7(2)12/h3-4,7,13H,5,12H2,1-2H3. The third-order valence-electron chi connectivity index (χ3n) is 1.94. The maximum atomic E-state index is 13.4. The van der Waals surface area contributed by atoms with Gasteiger partial charge in [0.25, 0.3) is 0 Å². The van der Waals surface area contributed by atoms with Crippen LogP contribution in [0.3, 0.4) is 0 Å². The first-order chi connectivity index (χ1) is 6.02. The highest BCUT2D eigenvalue weighted by Gasteiger charge is 2.11. The van der Waals surface area contributed by atoms with Gasteiger partial charge in [0.05, 0.1) is 0 Å². The molecule has 1 aromatic carbocycles. The molecule has 0 aliphatic carbocycles. The molecule has 0 amide bonds. The number of rotatable bonds is 2. The van der Waals surface area contributed by atoms with Crippen molar-refractivity contribution >= 4 is 0 Å². The molecule has 0 aliphatic rings. The second-order valence-electron chi connectivity index (χ2n) is 3.38. The molecule has 1 rings (SSSR count). The summed E-state index contributed by atoms with van der Waals surface area (Å²) in [6.07, 6.45) is 0.360. The molecular weight excluding hydrogens is 169 g/mol. The van der Waals surface area contributed by atoms with E-state index in [1.54, 1.807) is 19.9 Å². The Balaban J connectivity index is 3.10. The maximum absolute atomic E-state index is 13.4. The molecule has 0 saturated heterocycles. The predicted octanol–water partition coefficient (Wildman–Crippen LogP) is 1.73. The van der Waals surface area contributed by atoms with Gasteiger partial charge < -0.3 is 10.8 Å². The largest absolute Gasteiger partial charge is 0.508 e. The van der Waals surface area contributed by atoms with Gasteiger partial charge in [-0.1, -0.05) is 6.07 Å². The smallest absolute Gasteiger partial charge is 0.133 e. The lowest BCUT2D eigenvalue weighted by Gasteiger charge is -2.10. The van der Waals surface area contributed by atoms with Crippen molar-refractivity contribution in [2.24, 2.45) is 5.73 Å². The van der Waals surface area contributed by atoms with E-state index in [0.29, 0.717) is 17.5 Å². The molecule has 3 heteroatoms. The minimum atomic E-state index is -0.350. The summed E-state index contributed by atoms with van der Waals surface area (Å²) in [6, 6.07) is 2.90. The first kappa shape index (κ1) is 9.99. The summed E-state index contributed by atoms with van der Waals surface area (Å²) in [5.41, 5.74) is 6.38. The van der Waals surface area contributed by atoms with E-state index in [-0.39, 0.29) is 17.6 Å². The molecule has 0 spiro atoms. The van der Waals surface area contributed by atoms with Gasteiger partial charge >= 0.3 is 0 Å². The summed E-state index contributed by atoms with van der Waals surface area (Å²) in [5.74, 6) is -0.363. The lowest BCUT2D eigenvalue weighted by Crippen LogP contribution is -2.18. The van der Waals surface area contributed by atoms with Crippen molar-refractivity contribution in [2.45, 2.75) is 26.3 Å². The molecule has 0 aromatic heterocycles. The monoisotopic (exact) mass is 183 g/mol. The van der Waals surface area contributed by atoms with Crippen LogP contribution in [0, 0.1) is 12.7 Å². The second kappa shape index (κ2) is 3.75. The molecule has 13 heavy (non-hydrogen) atoms. The Hall–Kier alpha value is -1.09. The van der Waals surface area contributed by atoms with Crippen LogP contribution in [0.15, 0.2) is 12.1 Å². The average molecular weight is 183 g/mol. The average Bonchev–Trinajstić information content (AvgIpc) is 2.05. The first-order valence-electron chi connectivity index (χ1n) is 4.25. The van der Waals surface area contributed by atoms with Gasteiger partial charge in [0.2, 0.25) is 0 Å². The summed E-state index contributed by atoms with van der Waals surface area (Å²) >= 11 is 0. The van der Waals surface area contributed by atoms with Crippen LogP contribution in [0.1, 0.15) is 18.1 Å². The van der Waals surface area contributed by atoms with Crippen LogP contribution < -0.4 is 5.73 Å². The highest BCUT2D eigenvalue weighted by atomic mass is 19.1. The zero-order chi connectivity index (χ0) is 10.0. The van der Waals surface area contributed by atoms with E-state index in [0.717, 1.165) is 0 Å². The molecule has 0 fully saturated rings. The first-order valence-corrected chi connectivity index (χ1v) is 4.25. The van der Waals surface area contributed by atoms with E-state index in [2.05, 4.69) is 0 Å². The molecule has 1 aromatic rings. The van der Waals surface area contributed by atoms with Crippen molar-refractivity contribution < 1.29 is 9.50 Å². The number of phenols is 1. The number of phenolic OH excluding ortho intramolecular Hbond substituents is 1. The van der Waals surface area contributed by atoms with Gasteiger partial charge in [-0.05, 0) is 31.9 Å². The molecule has 3 N–H and O–H groups in total. The fraction of sp³-hybridized carbons (Fsp3) is 0.400. The third-order valence-corrected chi connectivity index (χ3v) is 1.94. The lowest BCUT2D eigenvalue weighted by atomic mass is 10.0. The lowest BCUT2D eigenvalue weighted by molar-refractivity contribution is 0.454. The van der Waals surface area contributed by atoms with Gasteiger partial charge in [-0.15, -0.1) is 0 Å². The van der Waals surface area contributed by atoms with Crippen LogP contribution in [-0.4, -0.2) is 11.1 Å². The predicted molar refractivity (Wildman–Crippen MR) is 50.2 cm³/mol. The highest BCUT2D eigenvalue weighted by molar-refractivity contribution is 5.37. The molecule has 2 nitrogen and oxygen atoms in total. The van der Waals surface area contributed by atoms with Crippen molar-refractivity contribution in [3.63, 3.8) is 0 Å². The molecule has 0 heterocycles. The number of halogens is 1. The SMILES string of the molecule is Cc1ccc(O)c(CC(C)N)c1F. The fourth-order valence-corrected chi connectivity index (χ4v) is 1.24. The maximum Gasteiger partial charge on any atom is 0.133 e. The van der Waals surface area contributed by atoms with E-state index in [1.165, 1.54) is 6.07 Å². The number of aromatic hydroxyl groups is 1. The van der Waals surface area contributed by atoms with Gasteiger partial charge in [-0.2, -0.15) is 0 Å². The van der Waals surface area contributed by atoms with E-state index in [9.17, 15) is 9.50 Å². The van der Waals surface area contributed by atoms with E-state index in [1.807, 2.05) is 0 Å². The van der Waals surface area contributed by atoms with Crippen LogP contribution in [-0.2, 0) is 6.42 Å². The van der Waals surface area contributed by atoms with Gasteiger partial charge in [0, 0.05) is 11.6 Å².